The first-order valence-corrected chi connectivity index (χ1v) is 9.02. The third kappa shape index (κ3) is 6.61. The highest BCUT2D eigenvalue weighted by Gasteiger charge is 2.18. The Kier molecular flexibility index (Phi) is 6.86. The Morgan fingerprint density at radius 3 is 2.19 bits per heavy atom. The Morgan fingerprint density at radius 1 is 1.04 bits per heavy atom. The molecule has 0 heterocycles. The van der Waals surface area contributed by atoms with Crippen LogP contribution in [0, 0.1) is 0 Å². The summed E-state index contributed by atoms with van der Waals surface area (Å²) >= 11 is 5.80. The van der Waals surface area contributed by atoms with Crippen molar-refractivity contribution in [1.82, 2.24) is 0 Å². The lowest BCUT2D eigenvalue weighted by atomic mass is 9.87. The quantitative estimate of drug-likeness (QED) is 0.734. The van der Waals surface area contributed by atoms with E-state index in [4.69, 9.17) is 21.1 Å². The van der Waals surface area contributed by atoms with Crippen LogP contribution in [0.5, 0.6) is 5.75 Å². The first-order valence-electron chi connectivity index (χ1n) is 8.64. The third-order valence-corrected chi connectivity index (χ3v) is 4.12. The van der Waals surface area contributed by atoms with Gasteiger partial charge in [0.05, 0.1) is 0 Å². The smallest absolute Gasteiger partial charge is 0.344 e. The average molecular weight is 390 g/mol. The normalized spacial score (nSPS) is 12.2. The Morgan fingerprint density at radius 2 is 1.63 bits per heavy atom. The van der Waals surface area contributed by atoms with Gasteiger partial charge < -0.3 is 14.8 Å². The Bertz CT molecular complexity index is 779. The molecular formula is C21H24ClNO4. The summed E-state index contributed by atoms with van der Waals surface area (Å²) in [4.78, 5) is 24.0. The van der Waals surface area contributed by atoms with Crippen molar-refractivity contribution in [2.45, 2.75) is 39.2 Å². The molecule has 0 aliphatic carbocycles. The van der Waals surface area contributed by atoms with E-state index in [-0.39, 0.29) is 12.0 Å². The number of halogens is 1. The topological polar surface area (TPSA) is 64.6 Å². The van der Waals surface area contributed by atoms with Crippen LogP contribution < -0.4 is 10.1 Å². The molecule has 0 bridgehead atoms. The van der Waals surface area contributed by atoms with E-state index in [1.165, 1.54) is 12.5 Å². The SMILES string of the molecule is C[C@H](OC(=O)COc1ccc(C(C)(C)C)cc1)C(=O)Nc1ccc(Cl)cc1. The molecular weight excluding hydrogens is 366 g/mol. The molecule has 0 fully saturated rings. The maximum absolute atomic E-state index is 12.1. The molecule has 0 spiro atoms. The zero-order chi connectivity index (χ0) is 20.0. The molecule has 1 amide bonds. The molecule has 0 saturated heterocycles. The summed E-state index contributed by atoms with van der Waals surface area (Å²) < 4.78 is 10.5. The second-order valence-corrected chi connectivity index (χ2v) is 7.63. The summed E-state index contributed by atoms with van der Waals surface area (Å²) in [5.74, 6) is -0.480. The van der Waals surface area contributed by atoms with Crippen LogP contribution in [0.2, 0.25) is 5.02 Å². The van der Waals surface area contributed by atoms with Crippen molar-refractivity contribution in [2.75, 3.05) is 11.9 Å². The second kappa shape index (κ2) is 8.91. The minimum absolute atomic E-state index is 0.0460. The number of carbonyl (C=O) groups is 2. The van der Waals surface area contributed by atoms with E-state index in [0.717, 1.165) is 0 Å². The lowest BCUT2D eigenvalue weighted by molar-refractivity contribution is -0.155. The summed E-state index contributed by atoms with van der Waals surface area (Å²) in [6.07, 6.45) is -0.944. The van der Waals surface area contributed by atoms with Crippen LogP contribution in [-0.4, -0.2) is 24.6 Å². The number of hydrogen-bond donors (Lipinski definition) is 1. The summed E-state index contributed by atoms with van der Waals surface area (Å²) in [6.45, 7) is 7.60. The third-order valence-electron chi connectivity index (χ3n) is 3.87. The van der Waals surface area contributed by atoms with Gasteiger partial charge in [0.15, 0.2) is 12.7 Å². The van der Waals surface area contributed by atoms with E-state index in [9.17, 15) is 9.59 Å². The van der Waals surface area contributed by atoms with Gasteiger partial charge in [-0.3, -0.25) is 4.79 Å². The van der Waals surface area contributed by atoms with Gasteiger partial charge in [-0.25, -0.2) is 4.79 Å². The largest absolute Gasteiger partial charge is 0.482 e. The maximum Gasteiger partial charge on any atom is 0.344 e. The van der Waals surface area contributed by atoms with E-state index in [1.54, 1.807) is 24.3 Å². The van der Waals surface area contributed by atoms with Gasteiger partial charge in [-0.2, -0.15) is 0 Å². The Balaban J connectivity index is 1.80. The molecule has 2 aromatic rings. The van der Waals surface area contributed by atoms with Crippen LogP contribution in [0.25, 0.3) is 0 Å². The summed E-state index contributed by atoms with van der Waals surface area (Å²) in [5.41, 5.74) is 1.79. The van der Waals surface area contributed by atoms with Crippen LogP contribution in [0.4, 0.5) is 5.69 Å². The van der Waals surface area contributed by atoms with Crippen molar-refractivity contribution in [1.29, 1.82) is 0 Å². The molecule has 0 saturated carbocycles. The van der Waals surface area contributed by atoms with E-state index >= 15 is 0 Å². The lowest BCUT2D eigenvalue weighted by Gasteiger charge is -2.19. The number of hydrogen-bond acceptors (Lipinski definition) is 4. The van der Waals surface area contributed by atoms with Crippen LogP contribution in [-0.2, 0) is 19.7 Å². The Labute approximate surface area is 164 Å². The number of amides is 1. The van der Waals surface area contributed by atoms with Gasteiger partial charge in [0.1, 0.15) is 5.75 Å². The first kappa shape index (κ1) is 20.8. The summed E-state index contributed by atoms with van der Waals surface area (Å²) in [5, 5.41) is 3.22. The number of ether oxygens (including phenoxy) is 2. The number of esters is 1. The molecule has 2 aromatic carbocycles. The zero-order valence-corrected chi connectivity index (χ0v) is 16.7. The minimum Gasteiger partial charge on any atom is -0.482 e. The van der Waals surface area contributed by atoms with Gasteiger partial charge in [0.25, 0.3) is 5.91 Å². The van der Waals surface area contributed by atoms with Gasteiger partial charge in [0.2, 0.25) is 0 Å². The average Bonchev–Trinajstić information content (AvgIpc) is 2.61. The van der Waals surface area contributed by atoms with Crippen molar-refractivity contribution >= 4 is 29.2 Å². The summed E-state index contributed by atoms with van der Waals surface area (Å²) in [6, 6.07) is 14.2. The highest BCUT2D eigenvalue weighted by Crippen LogP contribution is 2.24. The van der Waals surface area contributed by atoms with E-state index < -0.39 is 18.0 Å². The van der Waals surface area contributed by atoms with E-state index in [0.29, 0.717) is 16.5 Å². The molecule has 0 aliphatic rings. The zero-order valence-electron chi connectivity index (χ0n) is 15.9. The predicted octanol–water partition coefficient (Wildman–Crippen LogP) is 4.59. The molecule has 0 aromatic heterocycles. The Hall–Kier alpha value is -2.53. The fraction of sp³-hybridized carbons (Fsp3) is 0.333. The van der Waals surface area contributed by atoms with Crippen molar-refractivity contribution in [3.63, 3.8) is 0 Å². The first-order chi connectivity index (χ1) is 12.6. The molecule has 6 heteroatoms. The van der Waals surface area contributed by atoms with Crippen molar-refractivity contribution in [3.8, 4) is 5.75 Å². The van der Waals surface area contributed by atoms with Crippen LogP contribution >= 0.6 is 11.6 Å². The lowest BCUT2D eigenvalue weighted by Crippen LogP contribution is -2.31. The fourth-order valence-corrected chi connectivity index (χ4v) is 2.38. The highest BCUT2D eigenvalue weighted by molar-refractivity contribution is 6.30. The van der Waals surface area contributed by atoms with Gasteiger partial charge >= 0.3 is 5.97 Å². The van der Waals surface area contributed by atoms with Gasteiger partial charge in [0, 0.05) is 10.7 Å². The van der Waals surface area contributed by atoms with Crippen LogP contribution in [0.1, 0.15) is 33.3 Å². The van der Waals surface area contributed by atoms with Crippen molar-refractivity contribution in [3.05, 3.63) is 59.1 Å². The second-order valence-electron chi connectivity index (χ2n) is 7.19. The molecule has 0 unspecified atom stereocenters. The molecule has 27 heavy (non-hydrogen) atoms. The van der Waals surface area contributed by atoms with Gasteiger partial charge in [-0.1, -0.05) is 44.5 Å². The number of carbonyl (C=O) groups excluding carboxylic acids is 2. The summed E-state index contributed by atoms with van der Waals surface area (Å²) in [7, 11) is 0. The number of anilines is 1. The predicted molar refractivity (Wildman–Crippen MR) is 106 cm³/mol. The van der Waals surface area contributed by atoms with Gasteiger partial charge in [-0.15, -0.1) is 0 Å². The number of rotatable bonds is 6. The molecule has 2 rings (SSSR count). The molecule has 0 aliphatic heterocycles. The molecule has 1 N–H and O–H groups in total. The van der Waals surface area contributed by atoms with Crippen molar-refractivity contribution in [2.24, 2.45) is 0 Å². The van der Waals surface area contributed by atoms with Gasteiger partial charge in [-0.05, 0) is 54.3 Å². The molecule has 0 radical (unpaired) electrons. The molecule has 1 atom stereocenters. The minimum atomic E-state index is -0.944. The number of nitrogens with one attached hydrogen (secondary N) is 1. The van der Waals surface area contributed by atoms with Crippen LogP contribution in [0.3, 0.4) is 0 Å². The molecule has 5 nitrogen and oxygen atoms in total. The highest BCUT2D eigenvalue weighted by atomic mass is 35.5. The number of benzene rings is 2. The standard InChI is InChI=1S/C21H24ClNO4/c1-14(20(25)23-17-9-7-16(22)8-10-17)27-19(24)13-26-18-11-5-15(6-12-18)21(2,3)4/h5-12,14H,13H2,1-4H3,(H,23,25)/t14-/m0/s1. The van der Waals surface area contributed by atoms with Crippen molar-refractivity contribution < 1.29 is 19.1 Å². The van der Waals surface area contributed by atoms with E-state index in [1.807, 2.05) is 24.3 Å². The fourth-order valence-electron chi connectivity index (χ4n) is 2.26. The van der Waals surface area contributed by atoms with Crippen LogP contribution in [0.15, 0.2) is 48.5 Å². The maximum atomic E-state index is 12.1. The monoisotopic (exact) mass is 389 g/mol. The van der Waals surface area contributed by atoms with E-state index in [2.05, 4.69) is 26.1 Å². The molecule has 144 valence electrons.